The van der Waals surface area contributed by atoms with E-state index < -0.39 is 6.23 Å². The van der Waals surface area contributed by atoms with Crippen LogP contribution in [-0.2, 0) is 12.8 Å². The van der Waals surface area contributed by atoms with Gasteiger partial charge in [-0.1, -0.05) is 49.4 Å². The molecular formula is C22H24N2O3. The highest BCUT2D eigenvalue weighted by Gasteiger charge is 2.20. The second-order valence-corrected chi connectivity index (χ2v) is 6.55. The van der Waals surface area contributed by atoms with Crippen LogP contribution in [0.5, 0.6) is 5.75 Å². The molecule has 0 saturated heterocycles. The lowest BCUT2D eigenvalue weighted by Gasteiger charge is -2.19. The molecule has 0 fully saturated rings. The highest BCUT2D eigenvalue weighted by molar-refractivity contribution is 5.69. The molecule has 0 saturated carbocycles. The van der Waals surface area contributed by atoms with Gasteiger partial charge in [-0.2, -0.15) is 0 Å². The molecule has 27 heavy (non-hydrogen) atoms. The summed E-state index contributed by atoms with van der Waals surface area (Å²) in [6, 6.07) is 16.8. The van der Waals surface area contributed by atoms with Gasteiger partial charge >= 0.3 is 0 Å². The summed E-state index contributed by atoms with van der Waals surface area (Å²) >= 11 is 0. The molecule has 2 N–H and O–H groups in total. The Bertz CT molecular complexity index is 981. The number of aryl methyl sites for hydroxylation is 2. The Balaban J connectivity index is 2.14. The molecule has 0 radical (unpaired) electrons. The van der Waals surface area contributed by atoms with E-state index in [2.05, 4.69) is 4.98 Å². The molecule has 1 aromatic heterocycles. The smallest absolute Gasteiger partial charge is 0.259 e. The van der Waals surface area contributed by atoms with Crippen LogP contribution in [0.3, 0.4) is 0 Å². The van der Waals surface area contributed by atoms with Gasteiger partial charge in [-0.05, 0) is 43.9 Å². The van der Waals surface area contributed by atoms with E-state index in [-0.39, 0.29) is 11.3 Å². The van der Waals surface area contributed by atoms with Crippen LogP contribution in [-0.4, -0.2) is 19.8 Å². The minimum Gasteiger partial charge on any atom is -0.507 e. The number of aliphatic hydroxyl groups excluding tert-OH is 1. The number of aliphatic hydroxyl groups is 1. The van der Waals surface area contributed by atoms with E-state index in [0.717, 1.165) is 5.56 Å². The van der Waals surface area contributed by atoms with Gasteiger partial charge in [-0.3, -0.25) is 9.36 Å². The standard InChI is InChI=1S/C22H24N2O3/c1-3-20(26)24-15(2)23-21(17-11-7-8-12-19(17)25)18(22(24)27)14-13-16-9-5-4-6-10-16/h4-12,20,25-26H,3,13-14H2,1-2H3. The molecule has 0 aliphatic carbocycles. The molecule has 0 spiro atoms. The van der Waals surface area contributed by atoms with E-state index in [9.17, 15) is 15.0 Å². The number of phenols is 1. The van der Waals surface area contributed by atoms with E-state index in [4.69, 9.17) is 0 Å². The number of nitrogens with zero attached hydrogens (tertiary/aromatic N) is 2. The SMILES string of the molecule is CCC(O)n1c(C)nc(-c2ccccc2O)c(CCc2ccccc2)c1=O. The number of hydrogen-bond donors (Lipinski definition) is 2. The quantitative estimate of drug-likeness (QED) is 0.701. The van der Waals surface area contributed by atoms with Crippen molar-refractivity contribution in [3.63, 3.8) is 0 Å². The molecule has 1 atom stereocenters. The maximum absolute atomic E-state index is 13.2. The van der Waals surface area contributed by atoms with Gasteiger partial charge in [0, 0.05) is 11.1 Å². The lowest BCUT2D eigenvalue weighted by atomic mass is 9.99. The third-order valence-electron chi connectivity index (χ3n) is 4.71. The van der Waals surface area contributed by atoms with Crippen LogP contribution in [0.15, 0.2) is 59.4 Å². The van der Waals surface area contributed by atoms with Crippen LogP contribution in [0, 0.1) is 6.92 Å². The maximum Gasteiger partial charge on any atom is 0.259 e. The largest absolute Gasteiger partial charge is 0.507 e. The van der Waals surface area contributed by atoms with Gasteiger partial charge < -0.3 is 10.2 Å². The van der Waals surface area contributed by atoms with Crippen LogP contribution >= 0.6 is 0 Å². The minimum atomic E-state index is -0.918. The molecule has 5 heteroatoms. The van der Waals surface area contributed by atoms with Crippen LogP contribution in [0.25, 0.3) is 11.3 Å². The van der Waals surface area contributed by atoms with Crippen molar-refractivity contribution in [3.8, 4) is 17.0 Å². The highest BCUT2D eigenvalue weighted by atomic mass is 16.3. The number of aromatic nitrogens is 2. The summed E-state index contributed by atoms with van der Waals surface area (Å²) in [4.78, 5) is 17.8. The normalized spacial score (nSPS) is 12.1. The second kappa shape index (κ2) is 8.18. The van der Waals surface area contributed by atoms with Gasteiger partial charge in [0.15, 0.2) is 0 Å². The third kappa shape index (κ3) is 3.93. The summed E-state index contributed by atoms with van der Waals surface area (Å²) in [5.41, 5.74) is 2.36. The van der Waals surface area contributed by atoms with Crippen molar-refractivity contribution in [2.75, 3.05) is 0 Å². The van der Waals surface area contributed by atoms with Crippen molar-refractivity contribution in [3.05, 3.63) is 81.9 Å². The summed E-state index contributed by atoms with van der Waals surface area (Å²) in [6.07, 6.45) is 0.634. The van der Waals surface area contributed by atoms with Gasteiger partial charge in [-0.15, -0.1) is 0 Å². The maximum atomic E-state index is 13.2. The molecule has 1 heterocycles. The van der Waals surface area contributed by atoms with Gasteiger partial charge in [-0.25, -0.2) is 4.98 Å². The molecule has 2 aromatic carbocycles. The third-order valence-corrected chi connectivity index (χ3v) is 4.71. The van der Waals surface area contributed by atoms with Crippen molar-refractivity contribution < 1.29 is 10.2 Å². The summed E-state index contributed by atoms with van der Waals surface area (Å²) in [5.74, 6) is 0.509. The van der Waals surface area contributed by atoms with Gasteiger partial charge in [0.2, 0.25) is 0 Å². The van der Waals surface area contributed by atoms with E-state index in [1.165, 1.54) is 4.57 Å². The zero-order valence-corrected chi connectivity index (χ0v) is 15.6. The summed E-state index contributed by atoms with van der Waals surface area (Å²) in [7, 11) is 0. The fraction of sp³-hybridized carbons (Fsp3) is 0.273. The van der Waals surface area contributed by atoms with Crippen molar-refractivity contribution in [2.45, 2.75) is 39.3 Å². The van der Waals surface area contributed by atoms with Gasteiger partial charge in [0.1, 0.15) is 17.8 Å². The van der Waals surface area contributed by atoms with Crippen molar-refractivity contribution >= 4 is 0 Å². The second-order valence-electron chi connectivity index (χ2n) is 6.55. The summed E-state index contributed by atoms with van der Waals surface area (Å²) in [5, 5.41) is 20.6. The Morgan fingerprint density at radius 3 is 2.37 bits per heavy atom. The predicted octanol–water partition coefficient (Wildman–Crippen LogP) is 3.61. The first kappa shape index (κ1) is 18.9. The zero-order chi connectivity index (χ0) is 19.4. The Morgan fingerprint density at radius 2 is 1.70 bits per heavy atom. The highest BCUT2D eigenvalue weighted by Crippen LogP contribution is 2.29. The molecular weight excluding hydrogens is 340 g/mol. The van der Waals surface area contributed by atoms with E-state index >= 15 is 0 Å². The van der Waals surface area contributed by atoms with Crippen LogP contribution in [0.2, 0.25) is 0 Å². The van der Waals surface area contributed by atoms with E-state index in [1.54, 1.807) is 31.2 Å². The van der Waals surface area contributed by atoms with Gasteiger partial charge in [0.25, 0.3) is 5.56 Å². The van der Waals surface area contributed by atoms with Crippen molar-refractivity contribution in [1.82, 2.24) is 9.55 Å². The number of hydrogen-bond acceptors (Lipinski definition) is 4. The van der Waals surface area contributed by atoms with Crippen LogP contribution in [0.4, 0.5) is 0 Å². The molecule has 3 rings (SSSR count). The van der Waals surface area contributed by atoms with E-state index in [0.29, 0.717) is 41.9 Å². The zero-order valence-electron chi connectivity index (χ0n) is 15.6. The first-order valence-corrected chi connectivity index (χ1v) is 9.15. The number of aromatic hydroxyl groups is 1. The molecule has 0 bridgehead atoms. The molecule has 0 amide bonds. The molecule has 3 aromatic rings. The molecule has 0 aliphatic rings. The Hall–Kier alpha value is -2.92. The Kier molecular flexibility index (Phi) is 5.72. The topological polar surface area (TPSA) is 75.3 Å². The van der Waals surface area contributed by atoms with Gasteiger partial charge in [0.05, 0.1) is 5.69 Å². The molecule has 0 aliphatic heterocycles. The molecule has 5 nitrogen and oxygen atoms in total. The number of para-hydroxylation sites is 1. The minimum absolute atomic E-state index is 0.0820. The summed E-state index contributed by atoms with van der Waals surface area (Å²) in [6.45, 7) is 3.52. The van der Waals surface area contributed by atoms with Crippen LogP contribution < -0.4 is 5.56 Å². The predicted molar refractivity (Wildman–Crippen MR) is 106 cm³/mol. The lowest BCUT2D eigenvalue weighted by Crippen LogP contribution is -2.31. The average Bonchev–Trinajstić information content (AvgIpc) is 2.68. The van der Waals surface area contributed by atoms with Crippen molar-refractivity contribution in [1.29, 1.82) is 0 Å². The first-order valence-electron chi connectivity index (χ1n) is 9.15. The summed E-state index contributed by atoms with van der Waals surface area (Å²) < 4.78 is 1.34. The fourth-order valence-corrected chi connectivity index (χ4v) is 3.25. The first-order chi connectivity index (χ1) is 13.0. The van der Waals surface area contributed by atoms with Crippen molar-refractivity contribution in [2.24, 2.45) is 0 Å². The molecule has 1 unspecified atom stereocenters. The van der Waals surface area contributed by atoms with E-state index in [1.807, 2.05) is 37.3 Å². The molecule has 140 valence electrons. The Labute approximate surface area is 158 Å². The monoisotopic (exact) mass is 364 g/mol. The fourth-order valence-electron chi connectivity index (χ4n) is 3.25. The number of rotatable bonds is 6. The number of benzene rings is 2. The number of phenolic OH excluding ortho intramolecular Hbond substituents is 1. The lowest BCUT2D eigenvalue weighted by molar-refractivity contribution is 0.0923. The average molecular weight is 364 g/mol. The van der Waals surface area contributed by atoms with Crippen LogP contribution in [0.1, 0.15) is 36.5 Å². The Morgan fingerprint density at radius 1 is 1.04 bits per heavy atom.